The van der Waals surface area contributed by atoms with Crippen molar-refractivity contribution in [1.82, 2.24) is 0 Å². The first-order valence-corrected chi connectivity index (χ1v) is 6.76. The van der Waals surface area contributed by atoms with Crippen LogP contribution in [0.25, 0.3) is 0 Å². The third-order valence-electron chi connectivity index (χ3n) is 3.02. The Morgan fingerprint density at radius 1 is 1.33 bits per heavy atom. The first kappa shape index (κ1) is 13.2. The van der Waals surface area contributed by atoms with Crippen LogP contribution in [0.5, 0.6) is 0 Å². The Bertz CT molecular complexity index is 535. The SMILES string of the molecule is CC(Cc1cccs1)(C(=O)Cl)c1ccc(F)cc1. The second kappa shape index (κ2) is 5.21. The largest absolute Gasteiger partial charge is 0.280 e. The highest BCUT2D eigenvalue weighted by molar-refractivity contribution is 7.09. The van der Waals surface area contributed by atoms with Gasteiger partial charge < -0.3 is 0 Å². The van der Waals surface area contributed by atoms with Gasteiger partial charge in [-0.05, 0) is 54.1 Å². The fourth-order valence-corrected chi connectivity index (χ4v) is 2.90. The molecule has 1 nitrogen and oxygen atoms in total. The van der Waals surface area contributed by atoms with Crippen LogP contribution in [0.3, 0.4) is 0 Å². The minimum atomic E-state index is -0.819. The van der Waals surface area contributed by atoms with Gasteiger partial charge in [0, 0.05) is 4.88 Å². The number of thiophene rings is 1. The molecule has 0 amide bonds. The van der Waals surface area contributed by atoms with E-state index in [1.54, 1.807) is 30.4 Å². The highest BCUT2D eigenvalue weighted by atomic mass is 35.5. The van der Waals surface area contributed by atoms with Gasteiger partial charge in [0.2, 0.25) is 5.24 Å². The molecular weight excluding hydrogens is 271 g/mol. The van der Waals surface area contributed by atoms with Gasteiger partial charge in [-0.3, -0.25) is 4.79 Å². The average Bonchev–Trinajstić information content (AvgIpc) is 2.82. The Morgan fingerprint density at radius 3 is 2.50 bits per heavy atom. The molecule has 0 saturated heterocycles. The Balaban J connectivity index is 2.37. The summed E-state index contributed by atoms with van der Waals surface area (Å²) in [7, 11) is 0. The third-order valence-corrected chi connectivity index (χ3v) is 4.32. The molecule has 18 heavy (non-hydrogen) atoms. The van der Waals surface area contributed by atoms with E-state index < -0.39 is 10.7 Å². The van der Waals surface area contributed by atoms with Gasteiger partial charge in [-0.2, -0.15) is 0 Å². The number of benzene rings is 1. The molecule has 2 aromatic rings. The lowest BCUT2D eigenvalue weighted by Gasteiger charge is -2.25. The first-order valence-electron chi connectivity index (χ1n) is 5.51. The van der Waals surface area contributed by atoms with E-state index in [4.69, 9.17) is 11.6 Å². The molecule has 1 unspecified atom stereocenters. The topological polar surface area (TPSA) is 17.1 Å². The lowest BCUT2D eigenvalue weighted by Crippen LogP contribution is -2.31. The maximum atomic E-state index is 12.9. The van der Waals surface area contributed by atoms with E-state index in [2.05, 4.69) is 0 Å². The van der Waals surface area contributed by atoms with Crippen molar-refractivity contribution >= 4 is 28.2 Å². The lowest BCUT2D eigenvalue weighted by molar-refractivity contribution is -0.116. The van der Waals surface area contributed by atoms with Crippen LogP contribution in [0.2, 0.25) is 0 Å². The zero-order valence-electron chi connectivity index (χ0n) is 9.82. The molecule has 0 saturated carbocycles. The van der Waals surface area contributed by atoms with Crippen molar-refractivity contribution in [3.63, 3.8) is 0 Å². The fraction of sp³-hybridized carbons (Fsp3) is 0.214. The summed E-state index contributed by atoms with van der Waals surface area (Å²) < 4.78 is 12.9. The van der Waals surface area contributed by atoms with E-state index in [0.717, 1.165) is 10.4 Å². The molecule has 0 spiro atoms. The minimum Gasteiger partial charge on any atom is -0.280 e. The highest BCUT2D eigenvalue weighted by Crippen LogP contribution is 2.32. The normalized spacial score (nSPS) is 14.2. The second-order valence-electron chi connectivity index (χ2n) is 4.37. The van der Waals surface area contributed by atoms with Crippen LogP contribution in [-0.2, 0) is 16.6 Å². The van der Waals surface area contributed by atoms with Crippen molar-refractivity contribution < 1.29 is 9.18 Å². The van der Waals surface area contributed by atoms with Crippen molar-refractivity contribution in [1.29, 1.82) is 0 Å². The summed E-state index contributed by atoms with van der Waals surface area (Å²) in [5, 5.41) is 1.53. The highest BCUT2D eigenvalue weighted by Gasteiger charge is 2.34. The maximum absolute atomic E-state index is 12.9. The molecule has 0 aliphatic carbocycles. The van der Waals surface area contributed by atoms with Crippen LogP contribution >= 0.6 is 22.9 Å². The van der Waals surface area contributed by atoms with Gasteiger partial charge in [0.15, 0.2) is 0 Å². The van der Waals surface area contributed by atoms with E-state index in [1.807, 2.05) is 17.5 Å². The number of carbonyl (C=O) groups is 1. The number of halogens is 2. The number of carbonyl (C=O) groups excluding carboxylic acids is 1. The molecule has 0 N–H and O–H groups in total. The molecule has 0 aliphatic heterocycles. The van der Waals surface area contributed by atoms with Crippen molar-refractivity contribution in [2.45, 2.75) is 18.8 Å². The summed E-state index contributed by atoms with van der Waals surface area (Å²) in [6, 6.07) is 9.83. The lowest BCUT2D eigenvalue weighted by atomic mass is 9.80. The van der Waals surface area contributed by atoms with Gasteiger partial charge in [0.1, 0.15) is 5.82 Å². The number of hydrogen-bond acceptors (Lipinski definition) is 2. The van der Waals surface area contributed by atoms with Crippen molar-refractivity contribution in [2.75, 3.05) is 0 Å². The standard InChI is InChI=1S/C14H12ClFOS/c1-14(13(15)17,9-12-3-2-8-18-12)10-4-6-11(16)7-5-10/h2-8H,9H2,1H3. The van der Waals surface area contributed by atoms with Gasteiger partial charge >= 0.3 is 0 Å². The molecule has 0 bridgehead atoms. The summed E-state index contributed by atoms with van der Waals surface area (Å²) in [5.41, 5.74) is -0.0857. The summed E-state index contributed by atoms with van der Waals surface area (Å²) in [5.74, 6) is -0.320. The Labute approximate surface area is 114 Å². The van der Waals surface area contributed by atoms with Crippen molar-refractivity contribution in [2.24, 2.45) is 0 Å². The number of rotatable bonds is 4. The molecule has 0 radical (unpaired) electrons. The molecular formula is C14H12ClFOS. The quantitative estimate of drug-likeness (QED) is 0.770. The van der Waals surface area contributed by atoms with E-state index in [1.165, 1.54) is 12.1 Å². The van der Waals surface area contributed by atoms with E-state index in [-0.39, 0.29) is 5.82 Å². The van der Waals surface area contributed by atoms with Crippen molar-refractivity contribution in [3.05, 3.63) is 58.0 Å². The molecule has 0 aliphatic rings. The van der Waals surface area contributed by atoms with Crippen LogP contribution in [0.15, 0.2) is 41.8 Å². The summed E-state index contributed by atoms with van der Waals surface area (Å²) in [6.07, 6.45) is 0.526. The molecule has 1 heterocycles. The van der Waals surface area contributed by atoms with Crippen LogP contribution in [0, 0.1) is 5.82 Å². The summed E-state index contributed by atoms with van der Waals surface area (Å²) in [6.45, 7) is 1.79. The number of hydrogen-bond donors (Lipinski definition) is 0. The first-order chi connectivity index (χ1) is 8.52. The fourth-order valence-electron chi connectivity index (χ4n) is 1.86. The smallest absolute Gasteiger partial charge is 0.232 e. The molecule has 4 heteroatoms. The Hall–Kier alpha value is -1.19. The van der Waals surface area contributed by atoms with Gasteiger partial charge in [0.25, 0.3) is 0 Å². The maximum Gasteiger partial charge on any atom is 0.232 e. The molecule has 2 rings (SSSR count). The Morgan fingerprint density at radius 2 is 2.00 bits per heavy atom. The van der Waals surface area contributed by atoms with E-state index in [0.29, 0.717) is 6.42 Å². The van der Waals surface area contributed by atoms with Crippen LogP contribution in [-0.4, -0.2) is 5.24 Å². The van der Waals surface area contributed by atoms with Gasteiger partial charge in [0.05, 0.1) is 5.41 Å². The molecule has 1 atom stereocenters. The van der Waals surface area contributed by atoms with Crippen LogP contribution < -0.4 is 0 Å². The van der Waals surface area contributed by atoms with E-state index in [9.17, 15) is 9.18 Å². The molecule has 1 aromatic carbocycles. The van der Waals surface area contributed by atoms with Gasteiger partial charge in [-0.25, -0.2) is 4.39 Å². The summed E-state index contributed by atoms with van der Waals surface area (Å²) >= 11 is 7.33. The second-order valence-corrected chi connectivity index (χ2v) is 5.74. The molecule has 1 aromatic heterocycles. The molecule has 0 fully saturated rings. The molecule has 94 valence electrons. The third kappa shape index (κ3) is 2.62. The van der Waals surface area contributed by atoms with Crippen LogP contribution in [0.4, 0.5) is 4.39 Å². The average molecular weight is 283 g/mol. The predicted molar refractivity (Wildman–Crippen MR) is 72.6 cm³/mol. The zero-order valence-corrected chi connectivity index (χ0v) is 11.4. The predicted octanol–water partition coefficient (Wildman–Crippen LogP) is 4.15. The summed E-state index contributed by atoms with van der Waals surface area (Å²) in [4.78, 5) is 12.8. The van der Waals surface area contributed by atoms with Crippen LogP contribution in [0.1, 0.15) is 17.4 Å². The van der Waals surface area contributed by atoms with Gasteiger partial charge in [-0.1, -0.05) is 18.2 Å². The zero-order chi connectivity index (χ0) is 13.2. The van der Waals surface area contributed by atoms with Gasteiger partial charge in [-0.15, -0.1) is 11.3 Å². The minimum absolute atomic E-state index is 0.320. The van der Waals surface area contributed by atoms with Crippen molar-refractivity contribution in [3.8, 4) is 0 Å². The Kier molecular flexibility index (Phi) is 3.83. The monoisotopic (exact) mass is 282 g/mol. The van der Waals surface area contributed by atoms with E-state index >= 15 is 0 Å².